The maximum Gasteiger partial charge on any atom is 0.142 e. The highest BCUT2D eigenvalue weighted by atomic mass is 32.1. The molecule has 5 heteroatoms. The molecule has 0 fully saturated rings. The minimum Gasteiger partial charge on any atom is -0.312 e. The Balaban J connectivity index is 2.15. The fourth-order valence-electron chi connectivity index (χ4n) is 1.26. The first kappa shape index (κ1) is 11.2. The smallest absolute Gasteiger partial charge is 0.142 e. The second kappa shape index (κ2) is 5.14. The van der Waals surface area contributed by atoms with Crippen molar-refractivity contribution in [2.75, 3.05) is 6.54 Å². The molecule has 0 radical (unpaired) electrons. The lowest BCUT2D eigenvalue weighted by Crippen LogP contribution is -2.10. The van der Waals surface area contributed by atoms with Gasteiger partial charge in [0, 0.05) is 17.6 Å². The van der Waals surface area contributed by atoms with Gasteiger partial charge in [-0.15, -0.1) is 11.3 Å². The summed E-state index contributed by atoms with van der Waals surface area (Å²) in [6, 6.07) is 3.04. The van der Waals surface area contributed by atoms with Gasteiger partial charge in [-0.2, -0.15) is 0 Å². The number of halogens is 1. The lowest BCUT2D eigenvalue weighted by atomic mass is 10.3. The van der Waals surface area contributed by atoms with E-state index < -0.39 is 0 Å². The van der Waals surface area contributed by atoms with Crippen LogP contribution in [-0.4, -0.2) is 16.5 Å². The standard InChI is InChI=1S/C11H12FN3S/c1-2-13-6-9-7-15-11(16-9)10-4-3-8(12)5-14-10/h3-5,7,13H,2,6H2,1H3. The van der Waals surface area contributed by atoms with Gasteiger partial charge in [-0.25, -0.2) is 9.37 Å². The molecule has 0 bridgehead atoms. The first-order valence-corrected chi connectivity index (χ1v) is 5.88. The minimum absolute atomic E-state index is 0.326. The Morgan fingerprint density at radius 3 is 2.88 bits per heavy atom. The number of thiazole rings is 1. The Labute approximate surface area is 97.4 Å². The highest BCUT2D eigenvalue weighted by molar-refractivity contribution is 7.14. The van der Waals surface area contributed by atoms with Crippen LogP contribution in [-0.2, 0) is 6.54 Å². The summed E-state index contributed by atoms with van der Waals surface area (Å²) >= 11 is 1.57. The number of nitrogens with one attached hydrogen (secondary N) is 1. The fraction of sp³-hybridized carbons (Fsp3) is 0.273. The fourth-order valence-corrected chi connectivity index (χ4v) is 2.12. The van der Waals surface area contributed by atoms with Crippen LogP contribution in [0, 0.1) is 5.82 Å². The Morgan fingerprint density at radius 2 is 2.19 bits per heavy atom. The van der Waals surface area contributed by atoms with Crippen molar-refractivity contribution in [2.24, 2.45) is 0 Å². The quantitative estimate of drug-likeness (QED) is 0.887. The molecule has 0 spiro atoms. The molecular weight excluding hydrogens is 225 g/mol. The van der Waals surface area contributed by atoms with Crippen LogP contribution in [0.5, 0.6) is 0 Å². The Kier molecular flexibility index (Phi) is 3.58. The minimum atomic E-state index is -0.326. The van der Waals surface area contributed by atoms with Gasteiger partial charge >= 0.3 is 0 Å². The van der Waals surface area contributed by atoms with Gasteiger partial charge in [0.05, 0.1) is 11.9 Å². The summed E-state index contributed by atoms with van der Waals surface area (Å²) in [5.74, 6) is -0.326. The van der Waals surface area contributed by atoms with Crippen molar-refractivity contribution < 1.29 is 4.39 Å². The Morgan fingerprint density at radius 1 is 1.31 bits per heavy atom. The number of hydrogen-bond donors (Lipinski definition) is 1. The van der Waals surface area contributed by atoms with Gasteiger partial charge in [-0.05, 0) is 18.7 Å². The average molecular weight is 237 g/mol. The number of rotatable bonds is 4. The first-order valence-electron chi connectivity index (χ1n) is 5.07. The van der Waals surface area contributed by atoms with Crippen LogP contribution in [0.4, 0.5) is 4.39 Å². The van der Waals surface area contributed by atoms with Crippen LogP contribution in [0.3, 0.4) is 0 Å². The van der Waals surface area contributed by atoms with E-state index in [0.29, 0.717) is 5.69 Å². The predicted molar refractivity (Wildman–Crippen MR) is 62.7 cm³/mol. The highest BCUT2D eigenvalue weighted by Gasteiger charge is 2.05. The molecule has 84 valence electrons. The van der Waals surface area contributed by atoms with Gasteiger partial charge in [0.25, 0.3) is 0 Å². The zero-order chi connectivity index (χ0) is 11.4. The summed E-state index contributed by atoms with van der Waals surface area (Å²) in [5, 5.41) is 4.06. The van der Waals surface area contributed by atoms with Crippen molar-refractivity contribution >= 4 is 11.3 Å². The molecule has 2 rings (SSSR count). The Hall–Kier alpha value is -1.33. The van der Waals surface area contributed by atoms with E-state index in [1.165, 1.54) is 12.3 Å². The molecule has 0 aliphatic rings. The van der Waals surface area contributed by atoms with Crippen LogP contribution in [0.15, 0.2) is 24.5 Å². The third-order valence-corrected chi connectivity index (χ3v) is 3.07. The second-order valence-corrected chi connectivity index (χ2v) is 4.39. The largest absolute Gasteiger partial charge is 0.312 e. The lowest BCUT2D eigenvalue weighted by Gasteiger charge is -1.95. The van der Waals surface area contributed by atoms with Crippen molar-refractivity contribution in [2.45, 2.75) is 13.5 Å². The highest BCUT2D eigenvalue weighted by Crippen LogP contribution is 2.23. The van der Waals surface area contributed by atoms with Crippen LogP contribution in [0.25, 0.3) is 10.7 Å². The molecule has 0 atom stereocenters. The average Bonchev–Trinajstić information content (AvgIpc) is 2.76. The van der Waals surface area contributed by atoms with E-state index in [9.17, 15) is 4.39 Å². The molecule has 16 heavy (non-hydrogen) atoms. The third kappa shape index (κ3) is 2.62. The molecular formula is C11H12FN3S. The first-order chi connectivity index (χ1) is 7.79. The van der Waals surface area contributed by atoms with Crippen LogP contribution in [0.2, 0.25) is 0 Å². The Bertz CT molecular complexity index is 453. The molecule has 0 saturated carbocycles. The van der Waals surface area contributed by atoms with Crippen LogP contribution >= 0.6 is 11.3 Å². The van der Waals surface area contributed by atoms with Crippen molar-refractivity contribution in [1.29, 1.82) is 0 Å². The van der Waals surface area contributed by atoms with E-state index >= 15 is 0 Å². The molecule has 3 nitrogen and oxygen atoms in total. The summed E-state index contributed by atoms with van der Waals surface area (Å²) in [6.45, 7) is 3.81. The van der Waals surface area contributed by atoms with E-state index in [1.54, 1.807) is 17.4 Å². The lowest BCUT2D eigenvalue weighted by molar-refractivity contribution is 0.622. The monoisotopic (exact) mass is 237 g/mol. The molecule has 0 aliphatic heterocycles. The summed E-state index contributed by atoms with van der Waals surface area (Å²) in [5.41, 5.74) is 0.717. The van der Waals surface area contributed by atoms with E-state index in [1.807, 2.05) is 6.20 Å². The molecule has 0 aromatic carbocycles. The van der Waals surface area contributed by atoms with Crippen LogP contribution in [0.1, 0.15) is 11.8 Å². The number of hydrogen-bond acceptors (Lipinski definition) is 4. The predicted octanol–water partition coefficient (Wildman–Crippen LogP) is 2.45. The molecule has 2 aromatic heterocycles. The zero-order valence-corrected chi connectivity index (χ0v) is 9.72. The molecule has 1 N–H and O–H groups in total. The van der Waals surface area contributed by atoms with Gasteiger partial charge in [0.15, 0.2) is 0 Å². The number of nitrogens with zero attached hydrogens (tertiary/aromatic N) is 2. The number of pyridine rings is 1. The van der Waals surface area contributed by atoms with E-state index in [-0.39, 0.29) is 5.82 Å². The molecule has 2 aromatic rings. The molecule has 0 amide bonds. The molecule has 0 saturated heterocycles. The van der Waals surface area contributed by atoms with Crippen LogP contribution < -0.4 is 5.32 Å². The van der Waals surface area contributed by atoms with Crippen molar-refractivity contribution in [1.82, 2.24) is 15.3 Å². The molecule has 2 heterocycles. The van der Waals surface area contributed by atoms with Gasteiger partial charge in [-0.1, -0.05) is 6.92 Å². The van der Waals surface area contributed by atoms with Gasteiger partial charge < -0.3 is 5.32 Å². The van der Waals surface area contributed by atoms with E-state index in [4.69, 9.17) is 0 Å². The van der Waals surface area contributed by atoms with Gasteiger partial charge in [0.1, 0.15) is 10.8 Å². The van der Waals surface area contributed by atoms with Crippen molar-refractivity contribution in [3.63, 3.8) is 0 Å². The summed E-state index contributed by atoms with van der Waals surface area (Å²) in [4.78, 5) is 9.41. The van der Waals surface area contributed by atoms with Crippen molar-refractivity contribution in [3.05, 3.63) is 35.2 Å². The summed E-state index contributed by atoms with van der Waals surface area (Å²) in [7, 11) is 0. The van der Waals surface area contributed by atoms with Crippen molar-refractivity contribution in [3.8, 4) is 10.7 Å². The maximum atomic E-state index is 12.7. The summed E-state index contributed by atoms with van der Waals surface area (Å²) in [6.07, 6.45) is 3.04. The SMILES string of the molecule is CCNCc1cnc(-c2ccc(F)cn2)s1. The van der Waals surface area contributed by atoms with E-state index in [2.05, 4.69) is 22.2 Å². The van der Waals surface area contributed by atoms with Gasteiger partial charge in [0.2, 0.25) is 0 Å². The summed E-state index contributed by atoms with van der Waals surface area (Å²) < 4.78 is 12.7. The zero-order valence-electron chi connectivity index (χ0n) is 8.90. The molecule has 0 aliphatic carbocycles. The topological polar surface area (TPSA) is 37.8 Å². The normalized spacial score (nSPS) is 10.6. The van der Waals surface area contributed by atoms with E-state index in [0.717, 1.165) is 23.0 Å². The second-order valence-electron chi connectivity index (χ2n) is 3.27. The maximum absolute atomic E-state index is 12.7. The number of aromatic nitrogens is 2. The van der Waals surface area contributed by atoms with Gasteiger partial charge in [-0.3, -0.25) is 4.98 Å². The molecule has 0 unspecified atom stereocenters. The third-order valence-electron chi connectivity index (χ3n) is 2.05.